The van der Waals surface area contributed by atoms with Gasteiger partial charge in [-0.3, -0.25) is 4.68 Å². The van der Waals surface area contributed by atoms with Gasteiger partial charge in [-0.15, -0.1) is 0 Å². The summed E-state index contributed by atoms with van der Waals surface area (Å²) in [4.78, 5) is 4.62. The molecule has 1 fully saturated rings. The molecule has 16 heavy (non-hydrogen) atoms. The molecule has 1 aliphatic rings. The van der Waals surface area contributed by atoms with Crippen LogP contribution in [0.15, 0.2) is 0 Å². The van der Waals surface area contributed by atoms with E-state index in [1.165, 1.54) is 31.5 Å². The highest BCUT2D eigenvalue weighted by Gasteiger charge is 2.25. The molecule has 0 aromatic carbocycles. The summed E-state index contributed by atoms with van der Waals surface area (Å²) < 4.78 is 1.96. The normalized spacial score (nSPS) is 25.9. The number of hydrogen-bond acceptors (Lipinski definition) is 3. The summed E-state index contributed by atoms with van der Waals surface area (Å²) in [6, 6.07) is 0. The lowest BCUT2D eigenvalue weighted by Crippen LogP contribution is -2.22. The highest BCUT2D eigenvalue weighted by molar-refractivity contribution is 5.01. The Morgan fingerprint density at radius 3 is 2.50 bits per heavy atom. The molecule has 0 unspecified atom stereocenters. The number of rotatable bonds is 3. The van der Waals surface area contributed by atoms with Crippen molar-refractivity contribution in [1.82, 2.24) is 14.8 Å². The summed E-state index contributed by atoms with van der Waals surface area (Å²) >= 11 is 0. The Kier molecular flexibility index (Phi) is 3.59. The molecule has 0 aliphatic heterocycles. The maximum Gasteiger partial charge on any atom is 0.150 e. The average molecular weight is 222 g/mol. The molecule has 1 saturated carbocycles. The van der Waals surface area contributed by atoms with Gasteiger partial charge in [0.1, 0.15) is 5.82 Å². The van der Waals surface area contributed by atoms with Crippen LogP contribution in [0.1, 0.15) is 50.2 Å². The highest BCUT2D eigenvalue weighted by atomic mass is 15.3. The molecule has 0 saturated heterocycles. The number of aryl methyl sites for hydroxylation is 2. The van der Waals surface area contributed by atoms with E-state index in [-0.39, 0.29) is 0 Å². The molecule has 1 heterocycles. The topological polar surface area (TPSA) is 56.7 Å². The van der Waals surface area contributed by atoms with Gasteiger partial charge in [0.25, 0.3) is 0 Å². The van der Waals surface area contributed by atoms with Crippen LogP contribution in [0.5, 0.6) is 0 Å². The molecule has 4 nitrogen and oxygen atoms in total. The fraction of sp³-hybridized carbons (Fsp3) is 0.833. The van der Waals surface area contributed by atoms with E-state index in [4.69, 9.17) is 5.73 Å². The van der Waals surface area contributed by atoms with Gasteiger partial charge < -0.3 is 5.73 Å². The van der Waals surface area contributed by atoms with Crippen molar-refractivity contribution in [3.63, 3.8) is 0 Å². The van der Waals surface area contributed by atoms with Crippen LogP contribution in [0.4, 0.5) is 0 Å². The van der Waals surface area contributed by atoms with E-state index in [9.17, 15) is 0 Å². The van der Waals surface area contributed by atoms with Crippen molar-refractivity contribution in [2.75, 3.05) is 6.54 Å². The Labute approximate surface area is 97.2 Å². The van der Waals surface area contributed by atoms with E-state index < -0.39 is 0 Å². The summed E-state index contributed by atoms with van der Waals surface area (Å²) in [6.07, 6.45) is 5.85. The third kappa shape index (κ3) is 2.26. The SMILES string of the molecule is CCc1nc(C2CCC(CN)CC2)n(C)n1. The number of nitrogens with zero attached hydrogens (tertiary/aromatic N) is 3. The molecule has 1 aromatic rings. The van der Waals surface area contributed by atoms with Crippen LogP contribution in [-0.4, -0.2) is 21.3 Å². The van der Waals surface area contributed by atoms with E-state index in [0.717, 1.165) is 24.7 Å². The van der Waals surface area contributed by atoms with Gasteiger partial charge in [-0.1, -0.05) is 6.92 Å². The first kappa shape index (κ1) is 11.6. The van der Waals surface area contributed by atoms with Gasteiger partial charge in [0, 0.05) is 19.4 Å². The summed E-state index contributed by atoms with van der Waals surface area (Å²) in [6.45, 7) is 2.94. The second-order valence-corrected chi connectivity index (χ2v) is 4.82. The molecule has 0 atom stereocenters. The van der Waals surface area contributed by atoms with Crippen LogP contribution >= 0.6 is 0 Å². The van der Waals surface area contributed by atoms with Gasteiger partial charge in [-0.25, -0.2) is 4.98 Å². The molecule has 2 rings (SSSR count). The summed E-state index contributed by atoms with van der Waals surface area (Å²) in [7, 11) is 2.01. The van der Waals surface area contributed by atoms with E-state index in [1.54, 1.807) is 0 Å². The standard InChI is InChI=1S/C12H22N4/c1-3-11-14-12(16(2)15-11)10-6-4-9(8-13)5-7-10/h9-10H,3-8,13H2,1-2H3. The van der Waals surface area contributed by atoms with Crippen LogP contribution in [0, 0.1) is 5.92 Å². The third-order valence-electron chi connectivity index (χ3n) is 3.70. The monoisotopic (exact) mass is 222 g/mol. The minimum absolute atomic E-state index is 0.598. The van der Waals surface area contributed by atoms with Crippen molar-refractivity contribution in [2.45, 2.75) is 44.9 Å². The molecule has 0 radical (unpaired) electrons. The summed E-state index contributed by atoms with van der Waals surface area (Å²) in [5.41, 5.74) is 5.71. The summed E-state index contributed by atoms with van der Waals surface area (Å²) in [5.74, 6) is 3.47. The second kappa shape index (κ2) is 4.95. The zero-order chi connectivity index (χ0) is 11.5. The van der Waals surface area contributed by atoms with Crippen molar-refractivity contribution in [1.29, 1.82) is 0 Å². The van der Waals surface area contributed by atoms with Gasteiger partial charge in [0.05, 0.1) is 0 Å². The van der Waals surface area contributed by atoms with Crippen LogP contribution in [0.3, 0.4) is 0 Å². The molecule has 0 amide bonds. The second-order valence-electron chi connectivity index (χ2n) is 4.82. The Hall–Kier alpha value is -0.900. The van der Waals surface area contributed by atoms with Gasteiger partial charge >= 0.3 is 0 Å². The fourth-order valence-electron chi connectivity index (χ4n) is 2.61. The van der Waals surface area contributed by atoms with Crippen molar-refractivity contribution < 1.29 is 0 Å². The highest BCUT2D eigenvalue weighted by Crippen LogP contribution is 2.34. The van der Waals surface area contributed by atoms with Crippen LogP contribution < -0.4 is 5.73 Å². The Morgan fingerprint density at radius 1 is 1.31 bits per heavy atom. The van der Waals surface area contributed by atoms with Gasteiger partial charge in [0.2, 0.25) is 0 Å². The Bertz CT molecular complexity index is 337. The molecule has 0 spiro atoms. The molecule has 2 N–H and O–H groups in total. The smallest absolute Gasteiger partial charge is 0.150 e. The van der Waals surface area contributed by atoms with E-state index in [1.807, 2.05) is 11.7 Å². The predicted molar refractivity (Wildman–Crippen MR) is 64.1 cm³/mol. The fourth-order valence-corrected chi connectivity index (χ4v) is 2.61. The first-order valence-electron chi connectivity index (χ1n) is 6.34. The van der Waals surface area contributed by atoms with E-state index in [0.29, 0.717) is 5.92 Å². The first-order chi connectivity index (χ1) is 7.74. The molecule has 0 bridgehead atoms. The van der Waals surface area contributed by atoms with Crippen molar-refractivity contribution in [3.05, 3.63) is 11.6 Å². The van der Waals surface area contributed by atoms with Crippen molar-refractivity contribution >= 4 is 0 Å². The zero-order valence-corrected chi connectivity index (χ0v) is 10.3. The average Bonchev–Trinajstić information content (AvgIpc) is 2.71. The molecule has 90 valence electrons. The summed E-state index contributed by atoms with van der Waals surface area (Å²) in [5, 5.41) is 4.42. The van der Waals surface area contributed by atoms with Gasteiger partial charge in [-0.2, -0.15) is 5.10 Å². The predicted octanol–water partition coefficient (Wildman–Crippen LogP) is 1.61. The quantitative estimate of drug-likeness (QED) is 0.845. The molecular weight excluding hydrogens is 200 g/mol. The maximum absolute atomic E-state index is 5.71. The van der Waals surface area contributed by atoms with Crippen LogP contribution in [-0.2, 0) is 13.5 Å². The van der Waals surface area contributed by atoms with Crippen LogP contribution in [0.2, 0.25) is 0 Å². The van der Waals surface area contributed by atoms with E-state index in [2.05, 4.69) is 17.0 Å². The number of aromatic nitrogens is 3. The van der Waals surface area contributed by atoms with Crippen LogP contribution in [0.25, 0.3) is 0 Å². The van der Waals surface area contributed by atoms with Gasteiger partial charge in [-0.05, 0) is 38.1 Å². The minimum atomic E-state index is 0.598. The Balaban J connectivity index is 2.04. The molecular formula is C12H22N4. The third-order valence-corrected chi connectivity index (χ3v) is 3.70. The molecule has 1 aromatic heterocycles. The maximum atomic E-state index is 5.71. The lowest BCUT2D eigenvalue weighted by atomic mass is 9.81. The van der Waals surface area contributed by atoms with Gasteiger partial charge in [0.15, 0.2) is 5.82 Å². The Morgan fingerprint density at radius 2 is 2.00 bits per heavy atom. The largest absolute Gasteiger partial charge is 0.330 e. The number of hydrogen-bond donors (Lipinski definition) is 1. The number of nitrogens with two attached hydrogens (primary N) is 1. The minimum Gasteiger partial charge on any atom is -0.330 e. The van der Waals surface area contributed by atoms with Crippen molar-refractivity contribution in [3.8, 4) is 0 Å². The first-order valence-corrected chi connectivity index (χ1v) is 6.34. The lowest BCUT2D eigenvalue weighted by molar-refractivity contribution is 0.320. The molecule has 4 heteroatoms. The van der Waals surface area contributed by atoms with E-state index >= 15 is 0 Å². The lowest BCUT2D eigenvalue weighted by Gasteiger charge is -2.26. The van der Waals surface area contributed by atoms with Crippen molar-refractivity contribution in [2.24, 2.45) is 18.7 Å². The zero-order valence-electron chi connectivity index (χ0n) is 10.3. The molecule has 1 aliphatic carbocycles.